The van der Waals surface area contributed by atoms with Gasteiger partial charge in [-0.3, -0.25) is 4.79 Å². The summed E-state index contributed by atoms with van der Waals surface area (Å²) in [4.78, 5) is 17.7. The van der Waals surface area contributed by atoms with E-state index in [4.69, 9.17) is 4.98 Å². The van der Waals surface area contributed by atoms with Crippen LogP contribution in [0.5, 0.6) is 0 Å². The molecule has 0 unspecified atom stereocenters. The molecule has 0 atom stereocenters. The number of thioether (sulfide) groups is 1. The van der Waals surface area contributed by atoms with E-state index in [9.17, 15) is 10.1 Å². The Labute approximate surface area is 189 Å². The molecule has 4 rings (SSSR count). The highest BCUT2D eigenvalue weighted by molar-refractivity contribution is 7.99. The normalized spacial score (nSPS) is 17.4. The average Bonchev–Trinajstić information content (AvgIpc) is 3.52. The summed E-state index contributed by atoms with van der Waals surface area (Å²) < 4.78 is 4.55. The van der Waals surface area contributed by atoms with Gasteiger partial charge in [-0.2, -0.15) is 5.26 Å². The lowest BCUT2D eigenvalue weighted by Crippen LogP contribution is -2.20. The molecule has 1 N–H and O–H groups in total. The number of carbonyl (C=O) groups is 1. The fourth-order valence-electron chi connectivity index (χ4n) is 5.29. The quantitative estimate of drug-likeness (QED) is 0.581. The van der Waals surface area contributed by atoms with Gasteiger partial charge >= 0.3 is 0 Å². The number of carbonyl (C=O) groups excluding carboxylic acids is 1. The zero-order chi connectivity index (χ0) is 22.1. The highest BCUT2D eigenvalue weighted by Gasteiger charge is 2.27. The fraction of sp³-hybridized carbons (Fsp3) is 0.625. The van der Waals surface area contributed by atoms with Crippen LogP contribution in [0.3, 0.4) is 0 Å². The summed E-state index contributed by atoms with van der Waals surface area (Å²) >= 11 is 1.51. The summed E-state index contributed by atoms with van der Waals surface area (Å²) in [5.41, 5.74) is 4.92. The Morgan fingerprint density at radius 1 is 1.03 bits per heavy atom. The number of rotatable bonds is 6. The van der Waals surface area contributed by atoms with Crippen LogP contribution in [0.1, 0.15) is 91.7 Å². The third-order valence-electron chi connectivity index (χ3n) is 7.19. The first kappa shape index (κ1) is 22.0. The highest BCUT2D eigenvalue weighted by atomic mass is 32.2. The molecule has 2 heterocycles. The van der Waals surface area contributed by atoms with Gasteiger partial charge in [0.25, 0.3) is 0 Å². The van der Waals surface area contributed by atoms with Crippen molar-refractivity contribution in [1.82, 2.24) is 14.1 Å². The number of aryl methyl sites for hydroxylation is 1. The van der Waals surface area contributed by atoms with Gasteiger partial charge in [0.1, 0.15) is 11.9 Å². The van der Waals surface area contributed by atoms with Gasteiger partial charge in [0, 0.05) is 23.5 Å². The van der Waals surface area contributed by atoms with Crippen LogP contribution in [0.15, 0.2) is 5.16 Å². The average molecular weight is 440 g/mol. The maximum Gasteiger partial charge on any atom is 0.235 e. The second-order valence-corrected chi connectivity index (χ2v) is 10.0. The third kappa shape index (κ3) is 4.15. The van der Waals surface area contributed by atoms with E-state index in [0.717, 1.165) is 34.9 Å². The van der Waals surface area contributed by atoms with Crippen molar-refractivity contribution < 1.29 is 4.79 Å². The zero-order valence-electron chi connectivity index (χ0n) is 19.1. The molecule has 2 aromatic heterocycles. The Kier molecular flexibility index (Phi) is 6.47. The van der Waals surface area contributed by atoms with Crippen LogP contribution in [0, 0.1) is 39.0 Å². The van der Waals surface area contributed by atoms with E-state index in [0.29, 0.717) is 29.2 Å². The zero-order valence-corrected chi connectivity index (χ0v) is 19.9. The second kappa shape index (κ2) is 9.12. The Hall–Kier alpha value is -2.20. The van der Waals surface area contributed by atoms with Crippen molar-refractivity contribution >= 4 is 23.5 Å². The molecule has 0 aliphatic heterocycles. The molecule has 2 aliphatic rings. The molecule has 0 aromatic carbocycles. The van der Waals surface area contributed by atoms with Crippen LogP contribution in [0.25, 0.3) is 0 Å². The molecular weight excluding hydrogens is 406 g/mol. The lowest BCUT2D eigenvalue weighted by Gasteiger charge is -2.19. The van der Waals surface area contributed by atoms with E-state index in [1.807, 2.05) is 13.8 Å². The Morgan fingerprint density at radius 2 is 1.61 bits per heavy atom. The van der Waals surface area contributed by atoms with E-state index in [1.54, 1.807) is 0 Å². The van der Waals surface area contributed by atoms with Crippen molar-refractivity contribution in [1.29, 1.82) is 5.26 Å². The molecule has 6 nitrogen and oxygen atoms in total. The van der Waals surface area contributed by atoms with E-state index in [-0.39, 0.29) is 5.91 Å². The standard InChI is InChI=1S/C24H33N5OS/c1-15-17(3)28(19-9-5-6-10-19)23(21(15)13-25)27-22(30)14-31-24-26-16(2)18(4)29(24)20-11-7-8-12-20/h19-20H,5-12,14H2,1-4H3,(H,27,30). The summed E-state index contributed by atoms with van der Waals surface area (Å²) in [6.07, 6.45) is 9.53. The number of hydrogen-bond donors (Lipinski definition) is 1. The molecule has 2 aliphatic carbocycles. The van der Waals surface area contributed by atoms with Crippen LogP contribution < -0.4 is 5.32 Å². The van der Waals surface area contributed by atoms with Crippen molar-refractivity contribution in [2.24, 2.45) is 0 Å². The lowest BCUT2D eigenvalue weighted by atomic mass is 10.2. The molecule has 2 fully saturated rings. The molecule has 0 radical (unpaired) electrons. The number of anilines is 1. The first-order chi connectivity index (χ1) is 14.9. The number of nitrogens with one attached hydrogen (secondary N) is 1. The van der Waals surface area contributed by atoms with Gasteiger partial charge in [0.05, 0.1) is 17.0 Å². The van der Waals surface area contributed by atoms with Gasteiger partial charge < -0.3 is 14.5 Å². The summed E-state index contributed by atoms with van der Waals surface area (Å²) in [5.74, 6) is 0.901. The summed E-state index contributed by atoms with van der Waals surface area (Å²) in [6, 6.07) is 3.20. The summed E-state index contributed by atoms with van der Waals surface area (Å²) in [7, 11) is 0. The first-order valence-electron chi connectivity index (χ1n) is 11.5. The maximum atomic E-state index is 13.0. The van der Waals surface area contributed by atoms with Gasteiger partial charge in [-0.15, -0.1) is 0 Å². The fourth-order valence-corrected chi connectivity index (χ4v) is 6.25. The van der Waals surface area contributed by atoms with Crippen LogP contribution in [0.4, 0.5) is 5.82 Å². The molecule has 31 heavy (non-hydrogen) atoms. The Balaban J connectivity index is 1.52. The van der Waals surface area contributed by atoms with E-state index >= 15 is 0 Å². The number of hydrogen-bond acceptors (Lipinski definition) is 4. The van der Waals surface area contributed by atoms with Crippen molar-refractivity contribution in [2.45, 2.75) is 96.3 Å². The minimum absolute atomic E-state index is 0.0745. The molecule has 2 saturated carbocycles. The number of aromatic nitrogens is 3. The molecule has 0 saturated heterocycles. The van der Waals surface area contributed by atoms with Crippen LogP contribution >= 0.6 is 11.8 Å². The van der Waals surface area contributed by atoms with Gasteiger partial charge in [0.15, 0.2) is 5.16 Å². The third-order valence-corrected chi connectivity index (χ3v) is 8.15. The van der Waals surface area contributed by atoms with Crippen LogP contribution in [-0.4, -0.2) is 25.8 Å². The van der Waals surface area contributed by atoms with Crippen LogP contribution in [-0.2, 0) is 4.79 Å². The molecule has 7 heteroatoms. The first-order valence-corrected chi connectivity index (χ1v) is 12.5. The maximum absolute atomic E-state index is 13.0. The van der Waals surface area contributed by atoms with Crippen LogP contribution in [0.2, 0.25) is 0 Å². The van der Waals surface area contributed by atoms with Crippen molar-refractivity contribution in [2.75, 3.05) is 11.1 Å². The highest BCUT2D eigenvalue weighted by Crippen LogP contribution is 2.38. The van der Waals surface area contributed by atoms with Gasteiger partial charge in [-0.1, -0.05) is 37.4 Å². The summed E-state index contributed by atoms with van der Waals surface area (Å²) in [6.45, 7) is 8.21. The smallest absolute Gasteiger partial charge is 0.235 e. The molecule has 0 bridgehead atoms. The summed E-state index contributed by atoms with van der Waals surface area (Å²) in [5, 5.41) is 13.8. The van der Waals surface area contributed by atoms with Crippen molar-refractivity contribution in [3.8, 4) is 6.07 Å². The largest absolute Gasteiger partial charge is 0.327 e. The van der Waals surface area contributed by atoms with Gasteiger partial charge in [-0.05, 0) is 58.9 Å². The molecule has 0 spiro atoms. The van der Waals surface area contributed by atoms with E-state index < -0.39 is 0 Å². The van der Waals surface area contributed by atoms with Gasteiger partial charge in [0.2, 0.25) is 5.91 Å². The van der Waals surface area contributed by atoms with E-state index in [2.05, 4.69) is 34.4 Å². The van der Waals surface area contributed by atoms with Crippen molar-refractivity contribution in [3.63, 3.8) is 0 Å². The topological polar surface area (TPSA) is 75.6 Å². The number of imidazole rings is 1. The molecule has 166 valence electrons. The molecular formula is C24H33N5OS. The Bertz CT molecular complexity index is 1020. The number of nitriles is 1. The predicted molar refractivity (Wildman–Crippen MR) is 125 cm³/mol. The second-order valence-electron chi connectivity index (χ2n) is 9.06. The predicted octanol–water partition coefficient (Wildman–Crippen LogP) is 5.75. The van der Waals surface area contributed by atoms with Crippen molar-refractivity contribution in [3.05, 3.63) is 28.2 Å². The number of nitrogens with zero attached hydrogens (tertiary/aromatic N) is 4. The monoisotopic (exact) mass is 439 g/mol. The number of amides is 1. The minimum atomic E-state index is -0.0745. The minimum Gasteiger partial charge on any atom is -0.327 e. The Morgan fingerprint density at radius 3 is 2.19 bits per heavy atom. The molecule has 2 aromatic rings. The molecule has 1 amide bonds. The SMILES string of the molecule is Cc1nc(SCC(=O)Nc2c(C#N)c(C)c(C)n2C2CCCC2)n(C2CCCC2)c1C. The van der Waals surface area contributed by atoms with Gasteiger partial charge in [-0.25, -0.2) is 4.98 Å². The lowest BCUT2D eigenvalue weighted by molar-refractivity contribution is -0.113. The van der Waals surface area contributed by atoms with E-state index in [1.165, 1.54) is 56.0 Å².